The highest BCUT2D eigenvalue weighted by molar-refractivity contribution is 7.71. The zero-order valence-electron chi connectivity index (χ0n) is 9.29. The lowest BCUT2D eigenvalue weighted by molar-refractivity contribution is 0.0835. The van der Waals surface area contributed by atoms with Gasteiger partial charge in [0, 0.05) is 30.4 Å². The molecule has 0 spiro atoms. The molecule has 2 heterocycles. The normalized spacial score (nSPS) is 21.0. The Kier molecular flexibility index (Phi) is 2.77. The van der Waals surface area contributed by atoms with E-state index in [1.165, 1.54) is 17.7 Å². The fraction of sp³-hybridized carbons (Fsp3) is 0.667. The second kappa shape index (κ2) is 4.26. The van der Waals surface area contributed by atoms with Crippen LogP contribution in [0.4, 0.5) is 0 Å². The maximum absolute atomic E-state index is 5.38. The van der Waals surface area contributed by atoms with Gasteiger partial charge in [-0.25, -0.2) is 4.98 Å². The fourth-order valence-electron chi connectivity index (χ4n) is 2.64. The number of aryl methyl sites for hydroxylation is 1. The van der Waals surface area contributed by atoms with E-state index in [9.17, 15) is 0 Å². The van der Waals surface area contributed by atoms with Crippen molar-refractivity contribution in [2.45, 2.75) is 38.0 Å². The molecule has 16 heavy (non-hydrogen) atoms. The first-order chi connectivity index (χ1) is 7.84. The molecule has 1 aromatic rings. The average Bonchev–Trinajstić information content (AvgIpc) is 2.79. The van der Waals surface area contributed by atoms with Gasteiger partial charge in [-0.3, -0.25) is 0 Å². The largest absolute Gasteiger partial charge is 0.381 e. The molecule has 0 amide bonds. The number of aromatic amines is 1. The Morgan fingerprint density at radius 1 is 1.25 bits per heavy atom. The summed E-state index contributed by atoms with van der Waals surface area (Å²) in [4.78, 5) is 8.07. The van der Waals surface area contributed by atoms with Gasteiger partial charge < -0.3 is 9.72 Å². The van der Waals surface area contributed by atoms with Crippen LogP contribution in [-0.4, -0.2) is 23.2 Å². The van der Waals surface area contributed by atoms with E-state index in [1.807, 2.05) is 0 Å². The molecule has 0 radical (unpaired) electrons. The van der Waals surface area contributed by atoms with Gasteiger partial charge in [0.05, 0.1) is 0 Å². The van der Waals surface area contributed by atoms with Gasteiger partial charge in [-0.15, -0.1) is 0 Å². The van der Waals surface area contributed by atoms with Crippen molar-refractivity contribution >= 4 is 12.2 Å². The third-order valence-electron chi connectivity index (χ3n) is 3.58. The van der Waals surface area contributed by atoms with Gasteiger partial charge in [-0.05, 0) is 32.1 Å². The van der Waals surface area contributed by atoms with Crippen molar-refractivity contribution in [2.75, 3.05) is 13.2 Å². The van der Waals surface area contributed by atoms with E-state index in [1.54, 1.807) is 0 Å². The van der Waals surface area contributed by atoms with E-state index in [4.69, 9.17) is 17.0 Å². The molecule has 0 aromatic carbocycles. The Morgan fingerprint density at radius 2 is 2.06 bits per heavy atom. The Bertz CT molecular complexity index is 449. The highest BCUT2D eigenvalue weighted by atomic mass is 32.1. The van der Waals surface area contributed by atoms with Gasteiger partial charge in [0.2, 0.25) is 0 Å². The molecule has 2 aliphatic rings. The highest BCUT2D eigenvalue weighted by Crippen LogP contribution is 2.27. The van der Waals surface area contributed by atoms with Crippen molar-refractivity contribution in [3.05, 3.63) is 21.7 Å². The predicted molar refractivity (Wildman–Crippen MR) is 64.2 cm³/mol. The number of H-pyrrole nitrogens is 1. The SMILES string of the molecule is S=c1nc(C2CCOCC2)[nH]c2c1CCC2. The topological polar surface area (TPSA) is 37.9 Å². The van der Waals surface area contributed by atoms with Crippen molar-refractivity contribution in [1.82, 2.24) is 9.97 Å². The van der Waals surface area contributed by atoms with E-state index in [0.29, 0.717) is 5.92 Å². The van der Waals surface area contributed by atoms with Crippen molar-refractivity contribution in [3.63, 3.8) is 0 Å². The molecule has 1 fully saturated rings. The third-order valence-corrected chi connectivity index (χ3v) is 3.92. The van der Waals surface area contributed by atoms with Gasteiger partial charge in [-0.2, -0.15) is 0 Å². The number of fused-ring (bicyclic) bond motifs is 1. The maximum Gasteiger partial charge on any atom is 0.133 e. The number of aromatic nitrogens is 2. The summed E-state index contributed by atoms with van der Waals surface area (Å²) in [6.45, 7) is 1.70. The Balaban J connectivity index is 1.96. The summed E-state index contributed by atoms with van der Waals surface area (Å²) in [6, 6.07) is 0. The van der Waals surface area contributed by atoms with E-state index in [-0.39, 0.29) is 0 Å². The van der Waals surface area contributed by atoms with Crippen LogP contribution >= 0.6 is 12.2 Å². The zero-order chi connectivity index (χ0) is 11.0. The summed E-state index contributed by atoms with van der Waals surface area (Å²) < 4.78 is 6.20. The van der Waals surface area contributed by atoms with Crippen molar-refractivity contribution in [2.24, 2.45) is 0 Å². The van der Waals surface area contributed by atoms with Gasteiger partial charge in [0.1, 0.15) is 10.5 Å². The molecule has 1 aliphatic heterocycles. The summed E-state index contributed by atoms with van der Waals surface area (Å²) in [7, 11) is 0. The molecule has 3 nitrogen and oxygen atoms in total. The van der Waals surface area contributed by atoms with Crippen molar-refractivity contribution in [1.29, 1.82) is 0 Å². The molecule has 0 unspecified atom stereocenters. The summed E-state index contributed by atoms with van der Waals surface area (Å²) >= 11 is 5.37. The molecule has 3 rings (SSSR count). The maximum atomic E-state index is 5.38. The lowest BCUT2D eigenvalue weighted by Crippen LogP contribution is -2.17. The number of hydrogen-bond acceptors (Lipinski definition) is 3. The molecule has 1 N–H and O–H groups in total. The zero-order valence-corrected chi connectivity index (χ0v) is 10.1. The minimum absolute atomic E-state index is 0.515. The number of nitrogens with one attached hydrogen (secondary N) is 1. The molecule has 0 atom stereocenters. The fourth-order valence-corrected chi connectivity index (χ4v) is 2.97. The van der Waals surface area contributed by atoms with Crippen LogP contribution in [0.1, 0.15) is 42.3 Å². The molecule has 0 bridgehead atoms. The van der Waals surface area contributed by atoms with Gasteiger partial charge in [0.25, 0.3) is 0 Å². The summed E-state index contributed by atoms with van der Waals surface area (Å²) in [5.41, 5.74) is 2.62. The minimum atomic E-state index is 0.515. The Labute approximate surface area is 100 Å². The molecule has 4 heteroatoms. The molecule has 0 saturated carbocycles. The second-order valence-corrected chi connectivity index (χ2v) is 5.01. The van der Waals surface area contributed by atoms with Crippen molar-refractivity contribution < 1.29 is 4.74 Å². The van der Waals surface area contributed by atoms with Crippen LogP contribution in [0.2, 0.25) is 0 Å². The molecule has 1 aliphatic carbocycles. The van der Waals surface area contributed by atoms with Crippen LogP contribution in [0, 0.1) is 4.64 Å². The summed E-state index contributed by atoms with van der Waals surface area (Å²) in [5.74, 6) is 1.61. The van der Waals surface area contributed by atoms with Crippen LogP contribution < -0.4 is 0 Å². The first-order valence-electron chi connectivity index (χ1n) is 6.04. The van der Waals surface area contributed by atoms with Crippen LogP contribution in [0.3, 0.4) is 0 Å². The van der Waals surface area contributed by atoms with E-state index >= 15 is 0 Å². The summed E-state index contributed by atoms with van der Waals surface area (Å²) in [6.07, 6.45) is 5.59. The van der Waals surface area contributed by atoms with E-state index < -0.39 is 0 Å². The van der Waals surface area contributed by atoms with Crippen LogP contribution in [0.25, 0.3) is 0 Å². The van der Waals surface area contributed by atoms with E-state index in [2.05, 4.69) is 9.97 Å². The first kappa shape index (κ1) is 10.4. The summed E-state index contributed by atoms with van der Waals surface area (Å²) in [5, 5.41) is 0. The molecule has 86 valence electrons. The lowest BCUT2D eigenvalue weighted by Gasteiger charge is -2.21. The van der Waals surface area contributed by atoms with E-state index in [0.717, 1.165) is 49.4 Å². The molecular weight excluding hydrogens is 220 g/mol. The van der Waals surface area contributed by atoms with Crippen molar-refractivity contribution in [3.8, 4) is 0 Å². The molecule has 1 aromatic heterocycles. The molecular formula is C12H16N2OS. The number of rotatable bonds is 1. The van der Waals surface area contributed by atoms with Crippen LogP contribution in [0.5, 0.6) is 0 Å². The van der Waals surface area contributed by atoms with Crippen LogP contribution in [-0.2, 0) is 17.6 Å². The standard InChI is InChI=1S/C12H16N2OS/c16-12-9-2-1-3-10(9)13-11(14-12)8-4-6-15-7-5-8/h8H,1-7H2,(H,13,14,16). The number of nitrogens with zero attached hydrogens (tertiary/aromatic N) is 1. The monoisotopic (exact) mass is 236 g/mol. The minimum Gasteiger partial charge on any atom is -0.381 e. The predicted octanol–water partition coefficient (Wildman–Crippen LogP) is 2.52. The smallest absolute Gasteiger partial charge is 0.133 e. The quantitative estimate of drug-likeness (QED) is 0.761. The Hall–Kier alpha value is -0.740. The third kappa shape index (κ3) is 1.80. The molecule has 1 saturated heterocycles. The first-order valence-corrected chi connectivity index (χ1v) is 6.45. The van der Waals surface area contributed by atoms with Gasteiger partial charge in [-0.1, -0.05) is 12.2 Å². The number of ether oxygens (including phenoxy) is 1. The average molecular weight is 236 g/mol. The van der Waals surface area contributed by atoms with Gasteiger partial charge >= 0.3 is 0 Å². The Morgan fingerprint density at radius 3 is 2.88 bits per heavy atom. The van der Waals surface area contributed by atoms with Gasteiger partial charge in [0.15, 0.2) is 0 Å². The number of hydrogen-bond donors (Lipinski definition) is 1. The lowest BCUT2D eigenvalue weighted by atomic mass is 9.99. The van der Waals surface area contributed by atoms with Crippen LogP contribution in [0.15, 0.2) is 0 Å². The second-order valence-electron chi connectivity index (χ2n) is 4.62. The highest BCUT2D eigenvalue weighted by Gasteiger charge is 2.21.